The summed E-state index contributed by atoms with van der Waals surface area (Å²) >= 11 is 1.00. The zero-order chi connectivity index (χ0) is 36.0. The van der Waals surface area contributed by atoms with Gasteiger partial charge in [-0.3, -0.25) is 4.90 Å². The van der Waals surface area contributed by atoms with Crippen LogP contribution in [0.15, 0.2) is 17.8 Å². The molecular formula is C36H46B2F2N6O2S. The van der Waals surface area contributed by atoms with Gasteiger partial charge in [0.2, 0.25) is 5.95 Å². The Labute approximate surface area is 295 Å². The number of allylic oxidation sites excluding steroid dienone is 2. The van der Waals surface area contributed by atoms with E-state index in [4.69, 9.17) is 31.1 Å². The van der Waals surface area contributed by atoms with Crippen molar-refractivity contribution in [1.29, 1.82) is 5.26 Å². The number of nitrogens with two attached hydrogens (primary N) is 1. The van der Waals surface area contributed by atoms with Crippen molar-refractivity contribution in [2.45, 2.75) is 92.4 Å². The molecule has 0 saturated carbocycles. The van der Waals surface area contributed by atoms with Crippen molar-refractivity contribution in [1.82, 2.24) is 14.9 Å². The molecule has 1 aromatic carbocycles. The fourth-order valence-corrected chi connectivity index (χ4v) is 7.34. The minimum absolute atomic E-state index is 0.154. The van der Waals surface area contributed by atoms with E-state index >= 15 is 8.78 Å². The average Bonchev–Trinajstić information content (AvgIpc) is 3.82. The number of aromatic nitrogens is 2. The van der Waals surface area contributed by atoms with Crippen molar-refractivity contribution >= 4 is 60.3 Å². The normalized spacial score (nSPS) is 16.9. The molecule has 0 aliphatic carbocycles. The Kier molecular flexibility index (Phi) is 13.0. The highest BCUT2D eigenvalue weighted by Crippen LogP contribution is 2.47. The summed E-state index contributed by atoms with van der Waals surface area (Å²) in [5, 5.41) is 20.1. The minimum Gasteiger partial charge on any atom is -0.395 e. The Bertz CT molecular complexity index is 1760. The Balaban J connectivity index is 0.000000386. The van der Waals surface area contributed by atoms with Crippen LogP contribution in [-0.4, -0.2) is 67.4 Å². The number of halogens is 2. The number of nitrogens with zero attached hydrogens (tertiary/aromatic N) is 5. The summed E-state index contributed by atoms with van der Waals surface area (Å²) in [5.74, 6) is -0.00499. The third-order valence-corrected chi connectivity index (χ3v) is 10.2. The standard InChI is InChI=1S/C28H29F2N5OS.C8H17B2NO/c1-5-15(4)21(23-16(9-31)27(32)37-26(23)20(29)6-2)22-19-13-36-12-18(19)17-10-33-28(34-25(17)24(22)30)35-8-7-14(3)11-35;1-3-5-7-11(6-4-2)8(9,10)12/h6,10,14H,5,7-8,11-13,32H2,1-4H3;12H,3-7H2,1-2H3/b20-6+,21-15+;. The fourth-order valence-electron chi connectivity index (χ4n) is 6.35. The molecule has 1 saturated heterocycles. The number of rotatable bonds is 11. The predicted octanol–water partition coefficient (Wildman–Crippen LogP) is 7.16. The van der Waals surface area contributed by atoms with E-state index in [1.165, 1.54) is 6.08 Å². The van der Waals surface area contributed by atoms with Gasteiger partial charge in [-0.2, -0.15) is 5.26 Å². The largest absolute Gasteiger partial charge is 0.395 e. The zero-order valence-electron chi connectivity index (χ0n) is 29.5. The molecule has 4 radical (unpaired) electrons. The number of ether oxygens (including phenoxy) is 1. The highest BCUT2D eigenvalue weighted by molar-refractivity contribution is 7.17. The maximum absolute atomic E-state index is 16.7. The number of nitriles is 1. The second-order valence-corrected chi connectivity index (χ2v) is 13.9. The predicted molar refractivity (Wildman–Crippen MR) is 197 cm³/mol. The molecule has 0 bridgehead atoms. The molecule has 49 heavy (non-hydrogen) atoms. The molecule has 2 aliphatic heterocycles. The number of thiophene rings is 1. The molecule has 8 nitrogen and oxygen atoms in total. The third kappa shape index (κ3) is 8.20. The van der Waals surface area contributed by atoms with Crippen LogP contribution in [0.4, 0.5) is 19.7 Å². The lowest BCUT2D eigenvalue weighted by Crippen LogP contribution is -2.50. The molecule has 3 aromatic rings. The van der Waals surface area contributed by atoms with Crippen molar-refractivity contribution in [2.75, 3.05) is 36.8 Å². The number of fused-ring (bicyclic) bond motifs is 3. The number of nitrogen functional groups attached to an aromatic ring is 1. The molecule has 3 N–H and O–H groups in total. The zero-order valence-corrected chi connectivity index (χ0v) is 30.3. The molecule has 1 atom stereocenters. The third-order valence-electron chi connectivity index (χ3n) is 9.15. The van der Waals surface area contributed by atoms with Gasteiger partial charge in [-0.15, -0.1) is 11.3 Å². The van der Waals surface area contributed by atoms with E-state index < -0.39 is 17.2 Å². The molecule has 2 aromatic heterocycles. The van der Waals surface area contributed by atoms with Gasteiger partial charge in [-0.05, 0) is 75.2 Å². The van der Waals surface area contributed by atoms with Crippen molar-refractivity contribution in [3.63, 3.8) is 0 Å². The van der Waals surface area contributed by atoms with Gasteiger partial charge in [0.1, 0.15) is 38.1 Å². The first-order valence-corrected chi connectivity index (χ1v) is 17.9. The maximum atomic E-state index is 16.7. The topological polar surface area (TPSA) is 112 Å². The molecule has 258 valence electrons. The van der Waals surface area contributed by atoms with E-state index in [0.29, 0.717) is 52.5 Å². The Morgan fingerprint density at radius 1 is 1.24 bits per heavy atom. The van der Waals surface area contributed by atoms with Gasteiger partial charge >= 0.3 is 0 Å². The molecule has 5 rings (SSSR count). The Morgan fingerprint density at radius 2 is 1.96 bits per heavy atom. The van der Waals surface area contributed by atoms with Gasteiger partial charge in [0.05, 0.1) is 23.7 Å². The molecule has 4 heterocycles. The average molecular weight is 686 g/mol. The van der Waals surface area contributed by atoms with Gasteiger partial charge in [0, 0.05) is 41.3 Å². The van der Waals surface area contributed by atoms with Crippen LogP contribution in [0.1, 0.15) is 106 Å². The lowest BCUT2D eigenvalue weighted by molar-refractivity contribution is 0.0301. The first kappa shape index (κ1) is 38.5. The van der Waals surface area contributed by atoms with Crippen LogP contribution < -0.4 is 10.6 Å². The Hall–Kier alpha value is -3.30. The molecule has 2 aliphatic rings. The number of hydrogen-bond donors (Lipinski definition) is 2. The molecular weight excluding hydrogens is 640 g/mol. The number of hydrogen-bond acceptors (Lipinski definition) is 9. The van der Waals surface area contributed by atoms with Gasteiger partial charge in [0.25, 0.3) is 0 Å². The highest BCUT2D eigenvalue weighted by Gasteiger charge is 2.33. The molecule has 1 unspecified atom stereocenters. The fraction of sp³-hybridized carbons (Fsp3) is 0.528. The van der Waals surface area contributed by atoms with Crippen molar-refractivity contribution < 1.29 is 18.6 Å². The van der Waals surface area contributed by atoms with E-state index in [9.17, 15) is 10.4 Å². The van der Waals surface area contributed by atoms with Crippen LogP contribution in [0.25, 0.3) is 22.3 Å². The van der Waals surface area contributed by atoms with Gasteiger partial charge in [-0.25, -0.2) is 18.7 Å². The van der Waals surface area contributed by atoms with Crippen LogP contribution in [0.3, 0.4) is 0 Å². The van der Waals surface area contributed by atoms with E-state index in [2.05, 4.69) is 29.8 Å². The van der Waals surface area contributed by atoms with E-state index in [1.54, 1.807) is 18.0 Å². The van der Waals surface area contributed by atoms with E-state index in [0.717, 1.165) is 74.3 Å². The maximum Gasteiger partial charge on any atom is 0.225 e. The molecule has 0 amide bonds. The van der Waals surface area contributed by atoms with Crippen LogP contribution >= 0.6 is 11.3 Å². The summed E-state index contributed by atoms with van der Waals surface area (Å²) in [5.41, 5.74) is 8.33. The smallest absolute Gasteiger partial charge is 0.225 e. The van der Waals surface area contributed by atoms with Crippen molar-refractivity contribution in [3.8, 4) is 6.07 Å². The second kappa shape index (κ2) is 16.6. The van der Waals surface area contributed by atoms with E-state index in [1.807, 2.05) is 20.8 Å². The SMILES string of the molecule is C/C=C(/F)c1sc(N)c(C#N)c1/C(=C(\C)CC)c1c2c(c3cnc(N4CCC(C)C4)nc3c1F)COC2.[B]C([B])(O)N(CCC)CCCC. The minimum atomic E-state index is -1.65. The summed E-state index contributed by atoms with van der Waals surface area (Å²) in [6, 6.07) is 2.14. The monoisotopic (exact) mass is 686 g/mol. The first-order valence-electron chi connectivity index (χ1n) is 17.0. The lowest BCUT2D eigenvalue weighted by Gasteiger charge is -2.35. The number of unbranched alkanes of at least 4 members (excludes halogenated alkanes) is 1. The summed E-state index contributed by atoms with van der Waals surface area (Å²) in [7, 11) is 10.7. The number of aliphatic hydroxyl groups is 1. The summed E-state index contributed by atoms with van der Waals surface area (Å²) in [6.07, 6.45) is 7.65. The van der Waals surface area contributed by atoms with Gasteiger partial charge in [-0.1, -0.05) is 45.8 Å². The van der Waals surface area contributed by atoms with Crippen LogP contribution in [0, 0.1) is 23.1 Å². The van der Waals surface area contributed by atoms with Crippen LogP contribution in [-0.2, 0) is 18.0 Å². The molecule has 1 fully saturated rings. The van der Waals surface area contributed by atoms with Gasteiger partial charge in [0.15, 0.2) is 5.82 Å². The summed E-state index contributed by atoms with van der Waals surface area (Å²) in [6.45, 7) is 15.4. The van der Waals surface area contributed by atoms with E-state index in [-0.39, 0.29) is 27.6 Å². The highest BCUT2D eigenvalue weighted by atomic mass is 32.1. The van der Waals surface area contributed by atoms with Crippen LogP contribution in [0.2, 0.25) is 0 Å². The quantitative estimate of drug-likeness (QED) is 0.162. The van der Waals surface area contributed by atoms with Crippen molar-refractivity contribution in [3.05, 3.63) is 56.4 Å². The second-order valence-electron chi connectivity index (χ2n) is 12.8. The lowest BCUT2D eigenvalue weighted by atomic mass is 9.71. The number of benzene rings is 1. The van der Waals surface area contributed by atoms with Gasteiger partial charge < -0.3 is 20.5 Å². The summed E-state index contributed by atoms with van der Waals surface area (Å²) in [4.78, 5) is 13.3. The first-order chi connectivity index (χ1) is 23.3. The van der Waals surface area contributed by atoms with Crippen LogP contribution in [0.5, 0.6) is 0 Å². The molecule has 0 spiro atoms. The Morgan fingerprint density at radius 3 is 2.53 bits per heavy atom. The van der Waals surface area contributed by atoms with Crippen molar-refractivity contribution in [2.24, 2.45) is 5.92 Å². The summed E-state index contributed by atoms with van der Waals surface area (Å²) < 4.78 is 37.7. The number of anilines is 2. The molecule has 13 heteroatoms.